The molecule has 0 saturated heterocycles. The SMILES string of the molecule is CC(=O)OCCCC(c1ccccc1)C(F)(F)F. The Balaban J connectivity index is 2.61. The van der Waals surface area contributed by atoms with E-state index in [4.69, 9.17) is 0 Å². The van der Waals surface area contributed by atoms with Crippen LogP contribution in [0.1, 0.15) is 31.2 Å². The lowest BCUT2D eigenvalue weighted by atomic mass is 9.94. The molecular weight excluding hydrogens is 245 g/mol. The number of hydrogen-bond acceptors (Lipinski definition) is 2. The number of carbonyl (C=O) groups excluding carboxylic acids is 1. The first-order chi connectivity index (χ1) is 8.41. The molecule has 0 N–H and O–H groups in total. The van der Waals surface area contributed by atoms with Gasteiger partial charge in [0.15, 0.2) is 0 Å². The van der Waals surface area contributed by atoms with E-state index in [1.807, 2.05) is 0 Å². The lowest BCUT2D eigenvalue weighted by Crippen LogP contribution is -2.21. The van der Waals surface area contributed by atoms with E-state index in [0.29, 0.717) is 0 Å². The number of carbonyl (C=O) groups is 1. The van der Waals surface area contributed by atoms with Gasteiger partial charge in [0.25, 0.3) is 0 Å². The number of rotatable bonds is 5. The molecule has 0 saturated carbocycles. The van der Waals surface area contributed by atoms with Crippen molar-refractivity contribution in [3.05, 3.63) is 35.9 Å². The van der Waals surface area contributed by atoms with Crippen molar-refractivity contribution in [3.63, 3.8) is 0 Å². The molecule has 18 heavy (non-hydrogen) atoms. The second-order valence-corrected chi connectivity index (χ2v) is 3.99. The fourth-order valence-corrected chi connectivity index (χ4v) is 1.71. The second-order valence-electron chi connectivity index (χ2n) is 3.99. The third-order valence-electron chi connectivity index (χ3n) is 2.54. The molecule has 5 heteroatoms. The van der Waals surface area contributed by atoms with Crippen molar-refractivity contribution in [1.29, 1.82) is 0 Å². The van der Waals surface area contributed by atoms with Crippen molar-refractivity contribution in [1.82, 2.24) is 0 Å². The number of halogens is 3. The number of hydrogen-bond donors (Lipinski definition) is 0. The Labute approximate surface area is 104 Å². The standard InChI is InChI=1S/C13H15F3O2/c1-10(17)18-9-5-8-12(13(14,15)16)11-6-3-2-4-7-11/h2-4,6-7,12H,5,8-9H2,1H3. The second kappa shape index (κ2) is 6.42. The maximum Gasteiger partial charge on any atom is 0.395 e. The van der Waals surface area contributed by atoms with Gasteiger partial charge in [-0.2, -0.15) is 13.2 Å². The van der Waals surface area contributed by atoms with Crippen molar-refractivity contribution in [2.45, 2.75) is 31.9 Å². The van der Waals surface area contributed by atoms with E-state index in [0.717, 1.165) is 0 Å². The first-order valence-electron chi connectivity index (χ1n) is 5.66. The highest BCUT2D eigenvalue weighted by Gasteiger charge is 2.39. The van der Waals surface area contributed by atoms with Crippen LogP contribution in [-0.2, 0) is 9.53 Å². The van der Waals surface area contributed by atoms with E-state index in [1.165, 1.54) is 19.1 Å². The highest BCUT2D eigenvalue weighted by molar-refractivity contribution is 5.65. The first kappa shape index (κ1) is 14.5. The Bertz CT molecular complexity index is 374. The van der Waals surface area contributed by atoms with Crippen LogP contribution in [0.2, 0.25) is 0 Å². The van der Waals surface area contributed by atoms with Gasteiger partial charge >= 0.3 is 12.1 Å². The molecule has 0 aliphatic heterocycles. The molecule has 1 atom stereocenters. The summed E-state index contributed by atoms with van der Waals surface area (Å²) in [7, 11) is 0. The Kier molecular flexibility index (Phi) is 5.19. The predicted octanol–water partition coefficient (Wildman–Crippen LogP) is 3.68. The van der Waals surface area contributed by atoms with Crippen molar-refractivity contribution in [2.24, 2.45) is 0 Å². The zero-order chi connectivity index (χ0) is 13.6. The fourth-order valence-electron chi connectivity index (χ4n) is 1.71. The molecule has 0 heterocycles. The Hall–Kier alpha value is -1.52. The number of ether oxygens (including phenoxy) is 1. The van der Waals surface area contributed by atoms with Crippen LogP contribution in [0.4, 0.5) is 13.2 Å². The van der Waals surface area contributed by atoms with Crippen LogP contribution in [-0.4, -0.2) is 18.8 Å². The number of esters is 1. The van der Waals surface area contributed by atoms with Crippen molar-refractivity contribution < 1.29 is 22.7 Å². The average molecular weight is 260 g/mol. The molecule has 0 aliphatic rings. The van der Waals surface area contributed by atoms with Crippen molar-refractivity contribution >= 4 is 5.97 Å². The van der Waals surface area contributed by atoms with E-state index in [2.05, 4.69) is 4.74 Å². The van der Waals surface area contributed by atoms with Gasteiger partial charge in [0.2, 0.25) is 0 Å². The van der Waals surface area contributed by atoms with E-state index in [1.54, 1.807) is 18.2 Å². The lowest BCUT2D eigenvalue weighted by molar-refractivity contribution is -0.153. The molecule has 2 nitrogen and oxygen atoms in total. The third kappa shape index (κ3) is 4.77. The summed E-state index contributed by atoms with van der Waals surface area (Å²) in [5, 5.41) is 0. The normalized spacial score (nSPS) is 13.1. The smallest absolute Gasteiger partial charge is 0.395 e. The van der Waals surface area contributed by atoms with Gasteiger partial charge in [0, 0.05) is 6.92 Å². The van der Waals surface area contributed by atoms with Gasteiger partial charge in [0.05, 0.1) is 12.5 Å². The summed E-state index contributed by atoms with van der Waals surface area (Å²) in [6.07, 6.45) is -4.17. The molecule has 1 aromatic carbocycles. The maximum atomic E-state index is 12.9. The summed E-state index contributed by atoms with van der Waals surface area (Å²) >= 11 is 0. The van der Waals surface area contributed by atoms with Crippen LogP contribution >= 0.6 is 0 Å². The molecule has 0 aliphatic carbocycles. The molecule has 0 radical (unpaired) electrons. The zero-order valence-electron chi connectivity index (χ0n) is 10.0. The quantitative estimate of drug-likeness (QED) is 0.596. The summed E-state index contributed by atoms with van der Waals surface area (Å²) < 4.78 is 43.3. The van der Waals surface area contributed by atoms with Gasteiger partial charge in [-0.3, -0.25) is 4.79 Å². The molecule has 0 aromatic heterocycles. The van der Waals surface area contributed by atoms with Crippen LogP contribution in [0, 0.1) is 0 Å². The summed E-state index contributed by atoms with van der Waals surface area (Å²) in [6, 6.07) is 7.77. The molecule has 0 spiro atoms. The molecule has 0 amide bonds. The summed E-state index contributed by atoms with van der Waals surface area (Å²) in [4.78, 5) is 10.5. The van der Waals surface area contributed by atoms with Crippen LogP contribution < -0.4 is 0 Å². The molecule has 0 bridgehead atoms. The van der Waals surface area contributed by atoms with Crippen LogP contribution in [0.15, 0.2) is 30.3 Å². The molecule has 100 valence electrons. The van der Waals surface area contributed by atoms with Gasteiger partial charge < -0.3 is 4.74 Å². The highest BCUT2D eigenvalue weighted by Crippen LogP contribution is 2.37. The Morgan fingerprint density at radius 2 is 1.89 bits per heavy atom. The minimum Gasteiger partial charge on any atom is -0.466 e. The Morgan fingerprint density at radius 3 is 2.39 bits per heavy atom. The van der Waals surface area contributed by atoms with E-state index < -0.39 is 18.1 Å². The minimum absolute atomic E-state index is 0.0226. The van der Waals surface area contributed by atoms with Gasteiger partial charge in [-0.25, -0.2) is 0 Å². The Morgan fingerprint density at radius 1 is 1.28 bits per heavy atom. The minimum atomic E-state index is -4.28. The zero-order valence-corrected chi connectivity index (χ0v) is 10.0. The van der Waals surface area contributed by atoms with Crippen molar-refractivity contribution in [2.75, 3.05) is 6.61 Å². The summed E-state index contributed by atoms with van der Waals surface area (Å²) in [5.41, 5.74) is 0.243. The largest absolute Gasteiger partial charge is 0.466 e. The fraction of sp³-hybridized carbons (Fsp3) is 0.462. The topological polar surface area (TPSA) is 26.3 Å². The number of benzene rings is 1. The highest BCUT2D eigenvalue weighted by atomic mass is 19.4. The van der Waals surface area contributed by atoms with Crippen LogP contribution in [0.3, 0.4) is 0 Å². The van der Waals surface area contributed by atoms with Crippen LogP contribution in [0.25, 0.3) is 0 Å². The third-order valence-corrected chi connectivity index (χ3v) is 2.54. The summed E-state index contributed by atoms with van der Waals surface area (Å²) in [6.45, 7) is 1.26. The first-order valence-corrected chi connectivity index (χ1v) is 5.66. The predicted molar refractivity (Wildman–Crippen MR) is 61.1 cm³/mol. The number of alkyl halides is 3. The van der Waals surface area contributed by atoms with Gasteiger partial charge in [-0.15, -0.1) is 0 Å². The lowest BCUT2D eigenvalue weighted by Gasteiger charge is -2.20. The maximum absolute atomic E-state index is 12.9. The molecule has 1 rings (SSSR count). The van der Waals surface area contributed by atoms with E-state index >= 15 is 0 Å². The molecule has 1 aromatic rings. The average Bonchev–Trinajstić information content (AvgIpc) is 2.28. The summed E-state index contributed by atoms with van der Waals surface area (Å²) in [5.74, 6) is -1.98. The van der Waals surface area contributed by atoms with Crippen molar-refractivity contribution in [3.8, 4) is 0 Å². The van der Waals surface area contributed by atoms with Gasteiger partial charge in [0.1, 0.15) is 0 Å². The van der Waals surface area contributed by atoms with Crippen LogP contribution in [0.5, 0.6) is 0 Å². The molecule has 1 unspecified atom stereocenters. The molecule has 0 fully saturated rings. The van der Waals surface area contributed by atoms with E-state index in [-0.39, 0.29) is 25.0 Å². The van der Waals surface area contributed by atoms with Gasteiger partial charge in [-0.05, 0) is 18.4 Å². The van der Waals surface area contributed by atoms with E-state index in [9.17, 15) is 18.0 Å². The van der Waals surface area contributed by atoms with Gasteiger partial charge in [-0.1, -0.05) is 30.3 Å². The molecular formula is C13H15F3O2. The monoisotopic (exact) mass is 260 g/mol.